The van der Waals surface area contributed by atoms with Crippen LogP contribution in [-0.4, -0.2) is 35.9 Å². The first-order valence-corrected chi connectivity index (χ1v) is 5.29. The van der Waals surface area contributed by atoms with Crippen molar-refractivity contribution in [2.45, 2.75) is 51.3 Å². The van der Waals surface area contributed by atoms with Crippen molar-refractivity contribution in [3.05, 3.63) is 0 Å². The number of ether oxygens (including phenoxy) is 1. The molecule has 0 aliphatic carbocycles. The molecule has 82 valence electrons. The first-order valence-electron chi connectivity index (χ1n) is 5.29. The molecule has 0 saturated carbocycles. The van der Waals surface area contributed by atoms with Gasteiger partial charge in [0, 0.05) is 6.04 Å². The highest BCUT2D eigenvalue weighted by atomic mass is 16.5. The van der Waals surface area contributed by atoms with Crippen LogP contribution in [-0.2, 0) is 9.53 Å². The Morgan fingerprint density at radius 3 is 2.79 bits per heavy atom. The van der Waals surface area contributed by atoms with E-state index >= 15 is 0 Å². The van der Waals surface area contributed by atoms with Crippen molar-refractivity contribution in [1.29, 1.82) is 0 Å². The van der Waals surface area contributed by atoms with Gasteiger partial charge in [0.15, 0.2) is 0 Å². The molecule has 2 N–H and O–H groups in total. The van der Waals surface area contributed by atoms with Gasteiger partial charge in [-0.2, -0.15) is 0 Å². The van der Waals surface area contributed by atoms with E-state index in [2.05, 4.69) is 12.2 Å². The molecule has 1 saturated heterocycles. The SMILES string of the molecule is CCCC1OCC(C(=O)O)NC1CC. The Hall–Kier alpha value is -0.610. The lowest BCUT2D eigenvalue weighted by Gasteiger charge is -2.35. The normalized spacial score (nSPS) is 32.9. The van der Waals surface area contributed by atoms with E-state index < -0.39 is 12.0 Å². The number of carboxylic acid groups (broad SMARTS) is 1. The lowest BCUT2D eigenvalue weighted by Crippen LogP contribution is -2.56. The molecule has 1 fully saturated rings. The van der Waals surface area contributed by atoms with Crippen molar-refractivity contribution in [3.63, 3.8) is 0 Å². The second kappa shape index (κ2) is 5.32. The van der Waals surface area contributed by atoms with Gasteiger partial charge in [-0.15, -0.1) is 0 Å². The first kappa shape index (κ1) is 11.5. The average molecular weight is 201 g/mol. The smallest absolute Gasteiger partial charge is 0.323 e. The van der Waals surface area contributed by atoms with Crippen molar-refractivity contribution in [2.75, 3.05) is 6.61 Å². The molecule has 3 unspecified atom stereocenters. The fourth-order valence-electron chi connectivity index (χ4n) is 1.84. The van der Waals surface area contributed by atoms with Gasteiger partial charge in [-0.3, -0.25) is 10.1 Å². The second-order valence-electron chi connectivity index (χ2n) is 3.73. The number of carboxylic acids is 1. The van der Waals surface area contributed by atoms with Crippen LogP contribution in [0.1, 0.15) is 33.1 Å². The fraction of sp³-hybridized carbons (Fsp3) is 0.900. The Bertz CT molecular complexity index is 196. The third-order valence-electron chi connectivity index (χ3n) is 2.65. The highest BCUT2D eigenvalue weighted by Gasteiger charge is 2.32. The highest BCUT2D eigenvalue weighted by molar-refractivity contribution is 5.73. The number of nitrogens with one attached hydrogen (secondary N) is 1. The van der Waals surface area contributed by atoms with E-state index in [1.807, 2.05) is 6.92 Å². The predicted molar refractivity (Wildman–Crippen MR) is 53.3 cm³/mol. The molecule has 14 heavy (non-hydrogen) atoms. The van der Waals surface area contributed by atoms with Gasteiger partial charge >= 0.3 is 5.97 Å². The molecule has 0 aromatic carbocycles. The van der Waals surface area contributed by atoms with Gasteiger partial charge < -0.3 is 9.84 Å². The molecule has 4 nitrogen and oxygen atoms in total. The molecular weight excluding hydrogens is 182 g/mol. The van der Waals surface area contributed by atoms with Crippen LogP contribution in [0.15, 0.2) is 0 Å². The summed E-state index contributed by atoms with van der Waals surface area (Å²) in [5.74, 6) is -0.821. The lowest BCUT2D eigenvalue weighted by molar-refractivity contribution is -0.146. The third kappa shape index (κ3) is 2.69. The molecule has 3 atom stereocenters. The Balaban J connectivity index is 2.50. The van der Waals surface area contributed by atoms with Crippen molar-refractivity contribution >= 4 is 5.97 Å². The van der Waals surface area contributed by atoms with Crippen LogP contribution in [0.25, 0.3) is 0 Å². The highest BCUT2D eigenvalue weighted by Crippen LogP contribution is 2.16. The van der Waals surface area contributed by atoms with Crippen LogP contribution in [0.5, 0.6) is 0 Å². The minimum Gasteiger partial charge on any atom is -0.480 e. The number of carbonyl (C=O) groups is 1. The summed E-state index contributed by atoms with van der Waals surface area (Å²) in [4.78, 5) is 10.7. The zero-order valence-corrected chi connectivity index (χ0v) is 8.82. The van der Waals surface area contributed by atoms with E-state index in [4.69, 9.17) is 9.84 Å². The van der Waals surface area contributed by atoms with Crippen molar-refractivity contribution < 1.29 is 14.6 Å². The summed E-state index contributed by atoms with van der Waals surface area (Å²) < 4.78 is 5.55. The lowest BCUT2D eigenvalue weighted by atomic mass is 10.0. The fourth-order valence-corrected chi connectivity index (χ4v) is 1.84. The topological polar surface area (TPSA) is 58.6 Å². The summed E-state index contributed by atoms with van der Waals surface area (Å²) in [6, 6.07) is -0.349. The van der Waals surface area contributed by atoms with Crippen molar-refractivity contribution in [3.8, 4) is 0 Å². The maximum absolute atomic E-state index is 10.7. The summed E-state index contributed by atoms with van der Waals surface area (Å²) in [5, 5.41) is 11.9. The maximum Gasteiger partial charge on any atom is 0.323 e. The van der Waals surface area contributed by atoms with Crippen LogP contribution >= 0.6 is 0 Å². The molecule has 0 aromatic rings. The number of hydrogen-bond acceptors (Lipinski definition) is 3. The maximum atomic E-state index is 10.7. The number of rotatable bonds is 4. The minimum absolute atomic E-state index is 0.181. The minimum atomic E-state index is -0.821. The molecule has 4 heteroatoms. The standard InChI is InChI=1S/C10H19NO3/c1-3-5-9-7(4-2)11-8(6-14-9)10(12)13/h7-9,11H,3-6H2,1-2H3,(H,12,13). The second-order valence-corrected chi connectivity index (χ2v) is 3.73. The molecule has 1 aliphatic rings. The molecule has 0 amide bonds. The van der Waals surface area contributed by atoms with Crippen LogP contribution in [0.4, 0.5) is 0 Å². The van der Waals surface area contributed by atoms with Gasteiger partial charge in [0.25, 0.3) is 0 Å². The largest absolute Gasteiger partial charge is 0.480 e. The van der Waals surface area contributed by atoms with Crippen LogP contribution in [0, 0.1) is 0 Å². The molecular formula is C10H19NO3. The Kier molecular flexibility index (Phi) is 4.35. The molecule has 1 aliphatic heterocycles. The quantitative estimate of drug-likeness (QED) is 0.712. The predicted octanol–water partition coefficient (Wildman–Crippen LogP) is 1.01. The van der Waals surface area contributed by atoms with E-state index in [1.165, 1.54) is 0 Å². The third-order valence-corrected chi connectivity index (χ3v) is 2.65. The van der Waals surface area contributed by atoms with Gasteiger partial charge in [0.2, 0.25) is 0 Å². The molecule has 0 spiro atoms. The summed E-state index contributed by atoms with van der Waals surface area (Å²) in [5.41, 5.74) is 0. The van der Waals surface area contributed by atoms with Gasteiger partial charge in [0.05, 0.1) is 12.7 Å². The van der Waals surface area contributed by atoms with Gasteiger partial charge in [-0.05, 0) is 12.8 Å². The van der Waals surface area contributed by atoms with Crippen molar-refractivity contribution in [1.82, 2.24) is 5.32 Å². The molecule has 0 radical (unpaired) electrons. The zero-order valence-electron chi connectivity index (χ0n) is 8.82. The van der Waals surface area contributed by atoms with Crippen molar-refractivity contribution in [2.24, 2.45) is 0 Å². The first-order chi connectivity index (χ1) is 6.69. The van der Waals surface area contributed by atoms with Gasteiger partial charge in [-0.25, -0.2) is 0 Å². The number of aliphatic carboxylic acids is 1. The van der Waals surface area contributed by atoms with E-state index in [0.717, 1.165) is 19.3 Å². The number of morpholine rings is 1. The zero-order chi connectivity index (χ0) is 10.6. The van der Waals surface area contributed by atoms with Crippen LogP contribution < -0.4 is 5.32 Å². The van der Waals surface area contributed by atoms with Crippen LogP contribution in [0.3, 0.4) is 0 Å². The molecule has 1 heterocycles. The van der Waals surface area contributed by atoms with E-state index in [1.54, 1.807) is 0 Å². The Morgan fingerprint density at radius 2 is 2.29 bits per heavy atom. The average Bonchev–Trinajstić information content (AvgIpc) is 2.18. The molecule has 0 aromatic heterocycles. The van der Waals surface area contributed by atoms with Gasteiger partial charge in [-0.1, -0.05) is 20.3 Å². The van der Waals surface area contributed by atoms with E-state index in [-0.39, 0.29) is 18.8 Å². The van der Waals surface area contributed by atoms with E-state index in [0.29, 0.717) is 0 Å². The molecule has 0 bridgehead atoms. The summed E-state index contributed by atoms with van der Waals surface area (Å²) >= 11 is 0. The van der Waals surface area contributed by atoms with E-state index in [9.17, 15) is 4.79 Å². The summed E-state index contributed by atoms with van der Waals surface area (Å²) in [7, 11) is 0. The Morgan fingerprint density at radius 1 is 1.57 bits per heavy atom. The Labute approximate surface area is 84.6 Å². The molecule has 1 rings (SSSR count). The monoisotopic (exact) mass is 201 g/mol. The summed E-state index contributed by atoms with van der Waals surface area (Å²) in [6.45, 7) is 4.45. The van der Waals surface area contributed by atoms with Gasteiger partial charge in [0.1, 0.15) is 6.04 Å². The number of hydrogen-bond donors (Lipinski definition) is 2. The van der Waals surface area contributed by atoms with Crippen LogP contribution in [0.2, 0.25) is 0 Å². The summed E-state index contributed by atoms with van der Waals surface area (Å²) in [6.07, 6.45) is 3.16.